The zero-order chi connectivity index (χ0) is 11.8. The summed E-state index contributed by atoms with van der Waals surface area (Å²) in [4.78, 5) is 6.71. The molecular formula is C13H21N3. The fourth-order valence-corrected chi connectivity index (χ4v) is 2.30. The van der Waals surface area contributed by atoms with E-state index in [1.54, 1.807) is 0 Å². The first kappa shape index (κ1) is 11.4. The van der Waals surface area contributed by atoms with Crippen LogP contribution in [0.5, 0.6) is 0 Å². The summed E-state index contributed by atoms with van der Waals surface area (Å²) in [5.74, 6) is 1.22. The fraction of sp³-hybridized carbons (Fsp3) is 0.615. The number of nitrogens with zero attached hydrogens (tertiary/aromatic N) is 2. The van der Waals surface area contributed by atoms with Crippen LogP contribution >= 0.6 is 0 Å². The lowest BCUT2D eigenvalue weighted by molar-refractivity contribution is 0.173. The van der Waals surface area contributed by atoms with E-state index in [0.29, 0.717) is 11.7 Å². The van der Waals surface area contributed by atoms with Gasteiger partial charge in [-0.1, -0.05) is 6.07 Å². The van der Waals surface area contributed by atoms with E-state index in [-0.39, 0.29) is 5.54 Å². The molecular weight excluding hydrogens is 198 g/mol. The van der Waals surface area contributed by atoms with Crippen LogP contribution in [0.1, 0.15) is 38.7 Å². The van der Waals surface area contributed by atoms with Crippen molar-refractivity contribution in [2.75, 3.05) is 18.8 Å². The van der Waals surface area contributed by atoms with Gasteiger partial charge in [0.15, 0.2) is 0 Å². The molecule has 0 bridgehead atoms. The van der Waals surface area contributed by atoms with Crippen LogP contribution in [0, 0.1) is 0 Å². The van der Waals surface area contributed by atoms with Gasteiger partial charge in [0.25, 0.3) is 0 Å². The predicted octanol–water partition coefficient (Wildman–Crippen LogP) is 2.25. The topological polar surface area (TPSA) is 42.1 Å². The van der Waals surface area contributed by atoms with Gasteiger partial charge in [0, 0.05) is 18.3 Å². The second-order valence-electron chi connectivity index (χ2n) is 5.62. The highest BCUT2D eigenvalue weighted by Crippen LogP contribution is 2.31. The van der Waals surface area contributed by atoms with Gasteiger partial charge in [0.2, 0.25) is 0 Å². The summed E-state index contributed by atoms with van der Waals surface area (Å²) < 4.78 is 0. The van der Waals surface area contributed by atoms with Crippen molar-refractivity contribution in [3.63, 3.8) is 0 Å². The van der Waals surface area contributed by atoms with E-state index >= 15 is 0 Å². The Morgan fingerprint density at radius 2 is 2.12 bits per heavy atom. The van der Waals surface area contributed by atoms with Gasteiger partial charge >= 0.3 is 0 Å². The predicted molar refractivity (Wildman–Crippen MR) is 67.3 cm³/mol. The van der Waals surface area contributed by atoms with E-state index in [0.717, 1.165) is 6.54 Å². The molecule has 1 aromatic rings. The smallest absolute Gasteiger partial charge is 0.123 e. The zero-order valence-corrected chi connectivity index (χ0v) is 10.4. The number of likely N-dealkylation sites (tertiary alicyclic amines) is 1. The summed E-state index contributed by atoms with van der Waals surface area (Å²) in [5, 5.41) is 0. The van der Waals surface area contributed by atoms with Crippen LogP contribution in [-0.2, 0) is 0 Å². The highest BCUT2D eigenvalue weighted by atomic mass is 15.2. The number of aromatic nitrogens is 1. The van der Waals surface area contributed by atoms with Gasteiger partial charge in [-0.05, 0) is 51.3 Å². The molecule has 2 rings (SSSR count). The Kier molecular flexibility index (Phi) is 2.89. The lowest BCUT2D eigenvalue weighted by Gasteiger charge is -2.31. The van der Waals surface area contributed by atoms with Gasteiger partial charge in [-0.25, -0.2) is 4.98 Å². The van der Waals surface area contributed by atoms with Gasteiger partial charge in [-0.3, -0.25) is 4.90 Å². The van der Waals surface area contributed by atoms with E-state index in [1.165, 1.54) is 18.5 Å². The monoisotopic (exact) mass is 219 g/mol. The molecule has 1 unspecified atom stereocenters. The Labute approximate surface area is 97.7 Å². The Morgan fingerprint density at radius 3 is 2.62 bits per heavy atom. The normalized spacial score (nSPS) is 22.6. The first-order valence-corrected chi connectivity index (χ1v) is 5.93. The number of hydrogen-bond acceptors (Lipinski definition) is 3. The molecule has 1 saturated heterocycles. The average molecular weight is 219 g/mol. The molecule has 3 nitrogen and oxygen atoms in total. The SMILES string of the molecule is CC(C)(C)N1CCC(c2ccc(N)nc2)C1. The van der Waals surface area contributed by atoms with Crippen molar-refractivity contribution in [3.05, 3.63) is 23.9 Å². The van der Waals surface area contributed by atoms with Crippen molar-refractivity contribution >= 4 is 5.82 Å². The van der Waals surface area contributed by atoms with Crippen LogP contribution in [-0.4, -0.2) is 28.5 Å². The second-order valence-corrected chi connectivity index (χ2v) is 5.62. The Morgan fingerprint density at radius 1 is 1.38 bits per heavy atom. The molecule has 2 N–H and O–H groups in total. The minimum Gasteiger partial charge on any atom is -0.384 e. The van der Waals surface area contributed by atoms with Crippen LogP contribution in [0.3, 0.4) is 0 Å². The van der Waals surface area contributed by atoms with Gasteiger partial charge < -0.3 is 5.73 Å². The molecule has 1 fully saturated rings. The molecule has 0 aliphatic carbocycles. The summed E-state index contributed by atoms with van der Waals surface area (Å²) in [6.07, 6.45) is 3.15. The van der Waals surface area contributed by atoms with E-state index in [1.807, 2.05) is 12.3 Å². The molecule has 0 aromatic carbocycles. The minimum absolute atomic E-state index is 0.274. The van der Waals surface area contributed by atoms with Gasteiger partial charge in [-0.2, -0.15) is 0 Å². The number of rotatable bonds is 1. The summed E-state index contributed by atoms with van der Waals surface area (Å²) in [6, 6.07) is 4.01. The summed E-state index contributed by atoms with van der Waals surface area (Å²) in [6.45, 7) is 9.14. The van der Waals surface area contributed by atoms with Crippen molar-refractivity contribution in [1.29, 1.82) is 0 Å². The lowest BCUT2D eigenvalue weighted by Crippen LogP contribution is -2.39. The molecule has 1 atom stereocenters. The Hall–Kier alpha value is -1.09. The van der Waals surface area contributed by atoms with Crippen molar-refractivity contribution in [2.24, 2.45) is 0 Å². The maximum absolute atomic E-state index is 5.60. The number of nitrogens with two attached hydrogens (primary N) is 1. The Bertz CT molecular complexity index is 350. The third-order valence-electron chi connectivity index (χ3n) is 3.42. The molecule has 1 aromatic heterocycles. The first-order chi connectivity index (χ1) is 7.47. The standard InChI is InChI=1S/C13H21N3/c1-13(2,3)16-7-6-11(9-16)10-4-5-12(14)15-8-10/h4-5,8,11H,6-7,9H2,1-3H3,(H2,14,15). The van der Waals surface area contributed by atoms with Gasteiger partial charge in [0.1, 0.15) is 5.82 Å². The Balaban J connectivity index is 2.06. The maximum atomic E-state index is 5.60. The summed E-state index contributed by atoms with van der Waals surface area (Å²) in [7, 11) is 0. The number of anilines is 1. The van der Waals surface area contributed by atoms with Crippen LogP contribution in [0.25, 0.3) is 0 Å². The number of pyridine rings is 1. The summed E-state index contributed by atoms with van der Waals surface area (Å²) in [5.41, 5.74) is 7.19. The van der Waals surface area contributed by atoms with E-state index in [9.17, 15) is 0 Å². The van der Waals surface area contributed by atoms with Crippen LogP contribution in [0.15, 0.2) is 18.3 Å². The maximum Gasteiger partial charge on any atom is 0.123 e. The largest absolute Gasteiger partial charge is 0.384 e. The molecule has 0 amide bonds. The molecule has 16 heavy (non-hydrogen) atoms. The summed E-state index contributed by atoms with van der Waals surface area (Å²) >= 11 is 0. The molecule has 0 saturated carbocycles. The van der Waals surface area contributed by atoms with Crippen LogP contribution < -0.4 is 5.73 Å². The molecule has 1 aliphatic heterocycles. The molecule has 1 aliphatic rings. The quantitative estimate of drug-likeness (QED) is 0.787. The zero-order valence-electron chi connectivity index (χ0n) is 10.4. The minimum atomic E-state index is 0.274. The molecule has 2 heterocycles. The first-order valence-electron chi connectivity index (χ1n) is 5.93. The van der Waals surface area contributed by atoms with Crippen molar-refractivity contribution < 1.29 is 0 Å². The van der Waals surface area contributed by atoms with Crippen LogP contribution in [0.4, 0.5) is 5.82 Å². The average Bonchev–Trinajstić information content (AvgIpc) is 2.67. The van der Waals surface area contributed by atoms with E-state index in [2.05, 4.69) is 36.7 Å². The third-order valence-corrected chi connectivity index (χ3v) is 3.42. The van der Waals surface area contributed by atoms with Crippen LogP contribution in [0.2, 0.25) is 0 Å². The fourth-order valence-electron chi connectivity index (χ4n) is 2.30. The molecule has 0 radical (unpaired) electrons. The second kappa shape index (κ2) is 4.06. The van der Waals surface area contributed by atoms with E-state index < -0.39 is 0 Å². The lowest BCUT2D eigenvalue weighted by atomic mass is 10.00. The highest BCUT2D eigenvalue weighted by Gasteiger charge is 2.30. The number of nitrogen functional groups attached to an aromatic ring is 1. The molecule has 0 spiro atoms. The molecule has 88 valence electrons. The third kappa shape index (κ3) is 2.35. The van der Waals surface area contributed by atoms with E-state index in [4.69, 9.17) is 5.73 Å². The highest BCUT2D eigenvalue weighted by molar-refractivity contribution is 5.31. The number of hydrogen-bond donors (Lipinski definition) is 1. The van der Waals surface area contributed by atoms with Crippen molar-refractivity contribution in [1.82, 2.24) is 9.88 Å². The molecule has 3 heteroatoms. The van der Waals surface area contributed by atoms with Gasteiger partial charge in [-0.15, -0.1) is 0 Å². The van der Waals surface area contributed by atoms with Crippen molar-refractivity contribution in [3.8, 4) is 0 Å². The van der Waals surface area contributed by atoms with Gasteiger partial charge in [0.05, 0.1) is 0 Å². The van der Waals surface area contributed by atoms with Crippen molar-refractivity contribution in [2.45, 2.75) is 38.6 Å².